The molecule has 0 saturated carbocycles. The highest BCUT2D eigenvalue weighted by atomic mass is 16.5. The number of hydrogen-bond acceptors (Lipinski definition) is 4. The van der Waals surface area contributed by atoms with Crippen LogP contribution in [0, 0.1) is 13.8 Å². The molecule has 136 valence electrons. The average Bonchev–Trinajstić information content (AvgIpc) is 2.97. The number of fused-ring (bicyclic) bond motifs is 1. The van der Waals surface area contributed by atoms with Crippen molar-refractivity contribution < 1.29 is 9.53 Å². The van der Waals surface area contributed by atoms with Gasteiger partial charge in [0.1, 0.15) is 5.75 Å². The molecule has 0 bridgehead atoms. The van der Waals surface area contributed by atoms with Crippen molar-refractivity contribution in [1.82, 2.24) is 4.98 Å². The molecule has 0 saturated heterocycles. The molecular weight excluding hydrogens is 338 g/mol. The number of ether oxygens (including phenoxy) is 1. The molecule has 2 heterocycles. The monoisotopic (exact) mass is 359 g/mol. The molecule has 1 aliphatic rings. The molecule has 27 heavy (non-hydrogen) atoms. The second-order valence-electron chi connectivity index (χ2n) is 6.66. The molecule has 5 nitrogen and oxygen atoms in total. The van der Waals surface area contributed by atoms with E-state index >= 15 is 0 Å². The fraction of sp³-hybridized carbons (Fsp3) is 0.182. The van der Waals surface area contributed by atoms with Crippen LogP contribution in [0.5, 0.6) is 5.75 Å². The Bertz CT molecular complexity index is 1020. The summed E-state index contributed by atoms with van der Waals surface area (Å²) in [4.78, 5) is 19.3. The number of methoxy groups -OCH3 is 1. The van der Waals surface area contributed by atoms with Gasteiger partial charge in [0.25, 0.3) is 5.91 Å². The maximum absolute atomic E-state index is 13.1. The fourth-order valence-electron chi connectivity index (χ4n) is 3.33. The van der Waals surface area contributed by atoms with E-state index in [4.69, 9.17) is 4.74 Å². The summed E-state index contributed by atoms with van der Waals surface area (Å²) < 4.78 is 5.34. The number of hydrogen-bond donors (Lipinski definition) is 1. The Morgan fingerprint density at radius 3 is 2.67 bits per heavy atom. The molecule has 0 fully saturated rings. The molecule has 1 aliphatic heterocycles. The lowest BCUT2D eigenvalue weighted by Gasteiger charge is -2.27. The Balaban J connectivity index is 1.78. The highest BCUT2D eigenvalue weighted by Crippen LogP contribution is 2.38. The third-order valence-electron chi connectivity index (χ3n) is 4.95. The molecule has 5 heteroatoms. The standard InChI is InChI=1S/C22H21N3O2/c1-14-9-10-16(12-15(14)2)24-21-20-19(8-5-11-23-20)22(26)25(21)17-6-4-7-18(13-17)27-3/h4-13,21,24H,1-3H3. The van der Waals surface area contributed by atoms with Crippen LogP contribution in [0.15, 0.2) is 60.8 Å². The summed E-state index contributed by atoms with van der Waals surface area (Å²) in [6, 6.07) is 17.3. The van der Waals surface area contributed by atoms with Crippen LogP contribution in [0.1, 0.15) is 33.3 Å². The topological polar surface area (TPSA) is 54.5 Å². The van der Waals surface area contributed by atoms with Crippen LogP contribution in [0.2, 0.25) is 0 Å². The van der Waals surface area contributed by atoms with Crippen LogP contribution in [0.4, 0.5) is 11.4 Å². The fourth-order valence-corrected chi connectivity index (χ4v) is 3.33. The molecule has 1 N–H and O–H groups in total. The zero-order valence-electron chi connectivity index (χ0n) is 15.6. The summed E-state index contributed by atoms with van der Waals surface area (Å²) >= 11 is 0. The predicted octanol–water partition coefficient (Wildman–Crippen LogP) is 4.48. The third-order valence-corrected chi connectivity index (χ3v) is 4.95. The number of aryl methyl sites for hydroxylation is 2. The number of pyridine rings is 1. The van der Waals surface area contributed by atoms with Crippen LogP contribution >= 0.6 is 0 Å². The van der Waals surface area contributed by atoms with Crippen molar-refractivity contribution in [3.05, 3.63) is 83.2 Å². The predicted molar refractivity (Wildman–Crippen MR) is 106 cm³/mol. The van der Waals surface area contributed by atoms with E-state index in [0.717, 1.165) is 17.1 Å². The number of rotatable bonds is 4. The first-order chi connectivity index (χ1) is 13.1. The van der Waals surface area contributed by atoms with E-state index in [-0.39, 0.29) is 12.1 Å². The van der Waals surface area contributed by atoms with Gasteiger partial charge in [0.05, 0.1) is 24.1 Å². The summed E-state index contributed by atoms with van der Waals surface area (Å²) in [6.45, 7) is 4.16. The Morgan fingerprint density at radius 2 is 1.89 bits per heavy atom. The summed E-state index contributed by atoms with van der Waals surface area (Å²) in [6.07, 6.45) is 1.33. The van der Waals surface area contributed by atoms with E-state index in [1.165, 1.54) is 11.1 Å². The lowest BCUT2D eigenvalue weighted by atomic mass is 10.1. The van der Waals surface area contributed by atoms with Gasteiger partial charge in [-0.15, -0.1) is 0 Å². The number of carbonyl (C=O) groups is 1. The summed E-state index contributed by atoms with van der Waals surface area (Å²) in [5, 5.41) is 3.48. The van der Waals surface area contributed by atoms with Gasteiger partial charge in [-0.25, -0.2) is 0 Å². The molecule has 0 spiro atoms. The molecule has 1 atom stereocenters. The van der Waals surface area contributed by atoms with Gasteiger partial charge in [-0.1, -0.05) is 12.1 Å². The number of nitrogens with zero attached hydrogens (tertiary/aromatic N) is 2. The first-order valence-electron chi connectivity index (χ1n) is 8.85. The number of benzene rings is 2. The molecule has 1 aromatic heterocycles. The smallest absolute Gasteiger partial charge is 0.262 e. The number of amides is 1. The molecule has 1 amide bonds. The maximum Gasteiger partial charge on any atom is 0.262 e. The molecule has 1 unspecified atom stereocenters. The van der Waals surface area contributed by atoms with Gasteiger partial charge in [-0.2, -0.15) is 0 Å². The number of anilines is 2. The van der Waals surface area contributed by atoms with Crippen LogP contribution in [0.3, 0.4) is 0 Å². The Hall–Kier alpha value is -3.34. The van der Waals surface area contributed by atoms with E-state index in [9.17, 15) is 4.79 Å². The Labute approximate surface area is 158 Å². The molecule has 0 aliphatic carbocycles. The second-order valence-corrected chi connectivity index (χ2v) is 6.66. The van der Waals surface area contributed by atoms with Crippen molar-refractivity contribution >= 4 is 17.3 Å². The number of carbonyl (C=O) groups excluding carboxylic acids is 1. The summed E-state index contributed by atoms with van der Waals surface area (Å²) in [5.74, 6) is 0.627. The first-order valence-corrected chi connectivity index (χ1v) is 8.85. The number of nitrogens with one attached hydrogen (secondary N) is 1. The van der Waals surface area contributed by atoms with Crippen LogP contribution < -0.4 is 15.0 Å². The normalized spacial score (nSPS) is 15.6. The van der Waals surface area contributed by atoms with E-state index in [2.05, 4.69) is 36.3 Å². The largest absolute Gasteiger partial charge is 0.497 e. The van der Waals surface area contributed by atoms with Crippen LogP contribution in [-0.2, 0) is 0 Å². The first kappa shape index (κ1) is 17.1. The van der Waals surface area contributed by atoms with Gasteiger partial charge < -0.3 is 10.1 Å². The Kier molecular flexibility index (Phi) is 4.28. The zero-order valence-corrected chi connectivity index (χ0v) is 15.6. The summed E-state index contributed by atoms with van der Waals surface area (Å²) in [5.41, 5.74) is 5.47. The van der Waals surface area contributed by atoms with Crippen molar-refractivity contribution in [2.24, 2.45) is 0 Å². The van der Waals surface area contributed by atoms with Gasteiger partial charge in [0.2, 0.25) is 0 Å². The van der Waals surface area contributed by atoms with Crippen molar-refractivity contribution in [3.63, 3.8) is 0 Å². The minimum atomic E-state index is -0.386. The van der Waals surface area contributed by atoms with Crippen molar-refractivity contribution in [2.45, 2.75) is 20.0 Å². The maximum atomic E-state index is 13.1. The van der Waals surface area contributed by atoms with Gasteiger partial charge in [0, 0.05) is 18.0 Å². The SMILES string of the molecule is COc1cccc(N2C(=O)c3cccnc3C2Nc2ccc(C)c(C)c2)c1. The van der Waals surface area contributed by atoms with Crippen LogP contribution in [0.25, 0.3) is 0 Å². The lowest BCUT2D eigenvalue weighted by molar-refractivity contribution is 0.0993. The van der Waals surface area contributed by atoms with Gasteiger partial charge in [0.15, 0.2) is 6.17 Å². The molecule has 2 aromatic carbocycles. The zero-order chi connectivity index (χ0) is 19.0. The van der Waals surface area contributed by atoms with Crippen molar-refractivity contribution in [2.75, 3.05) is 17.3 Å². The molecule has 3 aromatic rings. The molecule has 4 rings (SSSR count). The summed E-state index contributed by atoms with van der Waals surface area (Å²) in [7, 11) is 1.62. The van der Waals surface area contributed by atoms with Gasteiger partial charge >= 0.3 is 0 Å². The van der Waals surface area contributed by atoms with E-state index in [0.29, 0.717) is 11.3 Å². The highest BCUT2D eigenvalue weighted by molar-refractivity contribution is 6.11. The number of aromatic nitrogens is 1. The quantitative estimate of drug-likeness (QED) is 0.746. The van der Waals surface area contributed by atoms with E-state index in [1.807, 2.05) is 36.4 Å². The van der Waals surface area contributed by atoms with Gasteiger partial charge in [-0.05, 0) is 61.4 Å². The minimum absolute atomic E-state index is 0.0762. The van der Waals surface area contributed by atoms with Gasteiger partial charge in [-0.3, -0.25) is 14.7 Å². The molecular formula is C22H21N3O2. The van der Waals surface area contributed by atoms with Crippen molar-refractivity contribution in [1.29, 1.82) is 0 Å². The minimum Gasteiger partial charge on any atom is -0.497 e. The average molecular weight is 359 g/mol. The Morgan fingerprint density at radius 1 is 1.04 bits per heavy atom. The third kappa shape index (κ3) is 3.01. The lowest BCUT2D eigenvalue weighted by Crippen LogP contribution is -2.32. The molecule has 0 radical (unpaired) electrons. The van der Waals surface area contributed by atoms with Crippen molar-refractivity contribution in [3.8, 4) is 5.75 Å². The highest BCUT2D eigenvalue weighted by Gasteiger charge is 2.39. The van der Waals surface area contributed by atoms with E-state index in [1.54, 1.807) is 24.3 Å². The van der Waals surface area contributed by atoms with E-state index < -0.39 is 0 Å². The second kappa shape index (κ2) is 6.76. The van der Waals surface area contributed by atoms with Crippen LogP contribution in [-0.4, -0.2) is 18.0 Å².